The van der Waals surface area contributed by atoms with Crippen LogP contribution in [0.15, 0.2) is 0 Å². The van der Waals surface area contributed by atoms with E-state index in [9.17, 15) is 0 Å². The van der Waals surface area contributed by atoms with Crippen molar-refractivity contribution in [3.63, 3.8) is 0 Å². The lowest BCUT2D eigenvalue weighted by Crippen LogP contribution is -2.44. The Morgan fingerprint density at radius 1 is 0.895 bits per heavy atom. The smallest absolute Gasteiger partial charge is 0.105 e. The minimum atomic E-state index is 0.0932. The van der Waals surface area contributed by atoms with Crippen molar-refractivity contribution in [3.8, 4) is 0 Å². The molecule has 0 atom stereocenters. The Balaban J connectivity index is 2.27. The average molecular weight is 270 g/mol. The second kappa shape index (κ2) is 9.77. The van der Waals surface area contributed by atoms with Crippen LogP contribution < -0.4 is 0 Å². The molecule has 1 heterocycles. The molecule has 0 saturated carbocycles. The van der Waals surface area contributed by atoms with Crippen molar-refractivity contribution in [2.24, 2.45) is 0 Å². The fourth-order valence-corrected chi connectivity index (χ4v) is 2.78. The summed E-state index contributed by atoms with van der Waals surface area (Å²) < 4.78 is 11.6. The molecule has 0 unspecified atom stereocenters. The van der Waals surface area contributed by atoms with Gasteiger partial charge >= 0.3 is 0 Å². The van der Waals surface area contributed by atoms with Crippen LogP contribution in [-0.2, 0) is 9.47 Å². The van der Waals surface area contributed by atoms with Crippen LogP contribution in [0.5, 0.6) is 0 Å². The van der Waals surface area contributed by atoms with E-state index in [1.165, 1.54) is 64.2 Å². The van der Waals surface area contributed by atoms with E-state index in [0.29, 0.717) is 6.10 Å². The fourth-order valence-electron chi connectivity index (χ4n) is 2.78. The first kappa shape index (κ1) is 17.0. The highest BCUT2D eigenvalue weighted by atomic mass is 16.6. The Morgan fingerprint density at radius 2 is 1.42 bits per heavy atom. The SMILES string of the molecule is CCCCCCC(C)(CCCCCC)OC1COC1. The Morgan fingerprint density at radius 3 is 1.79 bits per heavy atom. The molecule has 0 aliphatic carbocycles. The van der Waals surface area contributed by atoms with Crippen LogP contribution in [0.2, 0.25) is 0 Å². The van der Waals surface area contributed by atoms with Crippen LogP contribution in [0.1, 0.15) is 85.0 Å². The summed E-state index contributed by atoms with van der Waals surface area (Å²) in [7, 11) is 0. The third kappa shape index (κ3) is 7.31. The van der Waals surface area contributed by atoms with Crippen LogP contribution in [0, 0.1) is 0 Å². The first-order valence-corrected chi connectivity index (χ1v) is 8.45. The van der Waals surface area contributed by atoms with Gasteiger partial charge in [-0.2, -0.15) is 0 Å². The summed E-state index contributed by atoms with van der Waals surface area (Å²) in [5.74, 6) is 0. The van der Waals surface area contributed by atoms with Crippen molar-refractivity contribution in [2.45, 2.75) is 96.7 Å². The molecule has 0 bridgehead atoms. The minimum Gasteiger partial charge on any atom is -0.376 e. The van der Waals surface area contributed by atoms with E-state index < -0.39 is 0 Å². The van der Waals surface area contributed by atoms with Gasteiger partial charge in [0.25, 0.3) is 0 Å². The maximum absolute atomic E-state index is 6.31. The first-order valence-electron chi connectivity index (χ1n) is 8.45. The van der Waals surface area contributed by atoms with Gasteiger partial charge in [0.05, 0.1) is 18.8 Å². The quantitative estimate of drug-likeness (QED) is 0.459. The fraction of sp³-hybridized carbons (Fsp3) is 1.00. The topological polar surface area (TPSA) is 18.5 Å². The van der Waals surface area contributed by atoms with Gasteiger partial charge in [-0.05, 0) is 19.8 Å². The Bertz CT molecular complexity index is 199. The number of hydrogen-bond donors (Lipinski definition) is 0. The van der Waals surface area contributed by atoms with Crippen molar-refractivity contribution < 1.29 is 9.47 Å². The molecule has 1 aliphatic rings. The van der Waals surface area contributed by atoms with Crippen molar-refractivity contribution in [1.29, 1.82) is 0 Å². The first-order chi connectivity index (χ1) is 9.20. The van der Waals surface area contributed by atoms with Gasteiger partial charge in [0.15, 0.2) is 0 Å². The van der Waals surface area contributed by atoms with Crippen LogP contribution in [0.25, 0.3) is 0 Å². The standard InChI is InChI=1S/C17H34O2/c1-4-6-8-10-12-17(3,13-11-9-7-5-2)19-16-14-18-15-16/h16H,4-15H2,1-3H3. The third-order valence-corrected chi connectivity index (χ3v) is 4.18. The zero-order valence-electron chi connectivity index (χ0n) is 13.4. The zero-order valence-corrected chi connectivity index (χ0v) is 13.4. The number of unbranched alkanes of at least 4 members (excludes halogenated alkanes) is 6. The summed E-state index contributed by atoms with van der Waals surface area (Å²) >= 11 is 0. The number of rotatable bonds is 12. The van der Waals surface area contributed by atoms with Crippen molar-refractivity contribution in [1.82, 2.24) is 0 Å². The highest BCUT2D eigenvalue weighted by Crippen LogP contribution is 2.29. The summed E-state index contributed by atoms with van der Waals surface area (Å²) in [6.07, 6.45) is 13.5. The highest BCUT2D eigenvalue weighted by Gasteiger charge is 2.31. The second-order valence-electron chi connectivity index (χ2n) is 6.35. The molecule has 0 aromatic heterocycles. The molecule has 19 heavy (non-hydrogen) atoms. The normalized spacial score (nSPS) is 16.6. The van der Waals surface area contributed by atoms with E-state index in [1.807, 2.05) is 0 Å². The predicted octanol–water partition coefficient (Wildman–Crippen LogP) is 5.10. The number of ether oxygens (including phenoxy) is 2. The summed E-state index contributed by atoms with van der Waals surface area (Å²) in [6, 6.07) is 0. The highest BCUT2D eigenvalue weighted by molar-refractivity contribution is 4.79. The molecule has 0 spiro atoms. The van der Waals surface area contributed by atoms with Gasteiger partial charge in [0, 0.05) is 0 Å². The molecule has 0 aromatic rings. The monoisotopic (exact) mass is 270 g/mol. The van der Waals surface area contributed by atoms with Crippen LogP contribution in [-0.4, -0.2) is 24.9 Å². The molecule has 2 heteroatoms. The van der Waals surface area contributed by atoms with Gasteiger partial charge < -0.3 is 9.47 Å². The second-order valence-corrected chi connectivity index (χ2v) is 6.35. The molecule has 1 saturated heterocycles. The van der Waals surface area contributed by atoms with Gasteiger partial charge in [0.1, 0.15) is 6.10 Å². The lowest BCUT2D eigenvalue weighted by Gasteiger charge is -2.38. The predicted molar refractivity (Wildman–Crippen MR) is 81.6 cm³/mol. The largest absolute Gasteiger partial charge is 0.376 e. The van der Waals surface area contributed by atoms with Crippen LogP contribution >= 0.6 is 0 Å². The molecular weight excluding hydrogens is 236 g/mol. The third-order valence-electron chi connectivity index (χ3n) is 4.18. The maximum Gasteiger partial charge on any atom is 0.105 e. The molecule has 0 amide bonds. The van der Waals surface area contributed by atoms with E-state index in [-0.39, 0.29) is 5.60 Å². The van der Waals surface area contributed by atoms with E-state index in [1.54, 1.807) is 0 Å². The Hall–Kier alpha value is -0.0800. The lowest BCUT2D eigenvalue weighted by molar-refractivity contribution is -0.192. The molecular formula is C17H34O2. The summed E-state index contributed by atoms with van der Waals surface area (Å²) in [6.45, 7) is 8.47. The van der Waals surface area contributed by atoms with E-state index in [0.717, 1.165) is 13.2 Å². The molecule has 0 radical (unpaired) electrons. The molecule has 1 fully saturated rings. The zero-order chi connectivity index (χ0) is 14.0. The molecule has 1 rings (SSSR count). The van der Waals surface area contributed by atoms with E-state index in [2.05, 4.69) is 20.8 Å². The van der Waals surface area contributed by atoms with Crippen LogP contribution in [0.4, 0.5) is 0 Å². The molecule has 114 valence electrons. The van der Waals surface area contributed by atoms with Gasteiger partial charge in [0.2, 0.25) is 0 Å². The summed E-state index contributed by atoms with van der Waals surface area (Å²) in [5.41, 5.74) is 0.0932. The minimum absolute atomic E-state index is 0.0932. The van der Waals surface area contributed by atoms with E-state index >= 15 is 0 Å². The van der Waals surface area contributed by atoms with Gasteiger partial charge in [-0.1, -0.05) is 65.2 Å². The van der Waals surface area contributed by atoms with E-state index in [4.69, 9.17) is 9.47 Å². The lowest BCUT2D eigenvalue weighted by atomic mass is 9.91. The molecule has 1 aliphatic heterocycles. The summed E-state index contributed by atoms with van der Waals surface area (Å²) in [4.78, 5) is 0. The van der Waals surface area contributed by atoms with Crippen LogP contribution in [0.3, 0.4) is 0 Å². The van der Waals surface area contributed by atoms with Crippen molar-refractivity contribution in [3.05, 3.63) is 0 Å². The van der Waals surface area contributed by atoms with Gasteiger partial charge in [-0.3, -0.25) is 0 Å². The molecule has 0 N–H and O–H groups in total. The Labute approximate surface area is 120 Å². The van der Waals surface area contributed by atoms with Gasteiger partial charge in [-0.25, -0.2) is 0 Å². The average Bonchev–Trinajstić information content (AvgIpc) is 2.36. The van der Waals surface area contributed by atoms with Crippen molar-refractivity contribution >= 4 is 0 Å². The Kier molecular flexibility index (Phi) is 8.72. The number of hydrogen-bond acceptors (Lipinski definition) is 2. The summed E-state index contributed by atoms with van der Waals surface area (Å²) in [5, 5.41) is 0. The van der Waals surface area contributed by atoms with Crippen molar-refractivity contribution in [2.75, 3.05) is 13.2 Å². The molecule has 2 nitrogen and oxygen atoms in total. The molecule has 0 aromatic carbocycles. The maximum atomic E-state index is 6.31. The van der Waals surface area contributed by atoms with Gasteiger partial charge in [-0.15, -0.1) is 0 Å².